The molecular formula is C13H21N3O3S. The molecule has 0 aromatic carbocycles. The molecule has 0 unspecified atom stereocenters. The molecule has 1 rings (SSSR count). The predicted octanol–water partition coefficient (Wildman–Crippen LogP) is 2.22. The van der Waals surface area contributed by atoms with Gasteiger partial charge in [0.05, 0.1) is 5.01 Å². The summed E-state index contributed by atoms with van der Waals surface area (Å²) < 4.78 is 0. The van der Waals surface area contributed by atoms with E-state index < -0.39 is 5.97 Å². The number of urea groups is 1. The lowest BCUT2D eigenvalue weighted by molar-refractivity contribution is 0.0691. The molecule has 0 radical (unpaired) electrons. The van der Waals surface area contributed by atoms with Crippen molar-refractivity contribution >= 4 is 23.3 Å². The Morgan fingerprint density at radius 3 is 2.80 bits per heavy atom. The predicted molar refractivity (Wildman–Crippen MR) is 78.3 cm³/mol. The van der Waals surface area contributed by atoms with Gasteiger partial charge in [0, 0.05) is 31.9 Å². The van der Waals surface area contributed by atoms with Gasteiger partial charge < -0.3 is 15.3 Å². The maximum atomic E-state index is 11.7. The smallest absolute Gasteiger partial charge is 0.355 e. The molecular weight excluding hydrogens is 278 g/mol. The quantitative estimate of drug-likeness (QED) is 0.721. The number of carboxylic acids is 1. The second kappa shape index (κ2) is 8.52. The Labute approximate surface area is 122 Å². The van der Waals surface area contributed by atoms with Crippen LogP contribution in [0.5, 0.6) is 0 Å². The van der Waals surface area contributed by atoms with E-state index >= 15 is 0 Å². The number of nitrogens with zero attached hydrogens (tertiary/aromatic N) is 2. The van der Waals surface area contributed by atoms with Crippen molar-refractivity contribution in [2.75, 3.05) is 20.1 Å². The first-order valence-electron chi connectivity index (χ1n) is 6.71. The van der Waals surface area contributed by atoms with Crippen LogP contribution < -0.4 is 5.32 Å². The molecule has 0 saturated heterocycles. The molecule has 0 bridgehead atoms. The second-order valence-corrected chi connectivity index (χ2v) is 5.48. The van der Waals surface area contributed by atoms with Crippen LogP contribution in [0, 0.1) is 0 Å². The number of hydrogen-bond acceptors (Lipinski definition) is 4. The molecule has 0 aliphatic heterocycles. The molecule has 0 spiro atoms. The molecule has 6 nitrogen and oxygen atoms in total. The molecule has 20 heavy (non-hydrogen) atoms. The van der Waals surface area contributed by atoms with Gasteiger partial charge in [-0.3, -0.25) is 0 Å². The maximum Gasteiger partial charge on any atom is 0.355 e. The lowest BCUT2D eigenvalue weighted by Gasteiger charge is -2.17. The number of aromatic carboxylic acids is 1. The zero-order valence-corrected chi connectivity index (χ0v) is 12.7. The lowest BCUT2D eigenvalue weighted by Crippen LogP contribution is -2.38. The fourth-order valence-electron chi connectivity index (χ4n) is 1.64. The largest absolute Gasteiger partial charge is 0.476 e. The Bertz CT molecular complexity index is 448. The fraction of sp³-hybridized carbons (Fsp3) is 0.615. The molecule has 1 aromatic rings. The normalized spacial score (nSPS) is 10.3. The van der Waals surface area contributed by atoms with Crippen molar-refractivity contribution < 1.29 is 14.7 Å². The highest BCUT2D eigenvalue weighted by atomic mass is 32.1. The number of amides is 2. The zero-order chi connectivity index (χ0) is 15.0. The van der Waals surface area contributed by atoms with E-state index in [1.165, 1.54) is 16.7 Å². The SMILES string of the molecule is CCCCCN(C)C(=O)NCCc1nc(C(=O)O)cs1. The summed E-state index contributed by atoms with van der Waals surface area (Å²) in [5.41, 5.74) is 0.0630. The minimum atomic E-state index is -1.02. The van der Waals surface area contributed by atoms with Crippen LogP contribution in [0.1, 0.15) is 41.7 Å². The maximum absolute atomic E-state index is 11.7. The van der Waals surface area contributed by atoms with E-state index in [2.05, 4.69) is 17.2 Å². The van der Waals surface area contributed by atoms with E-state index in [-0.39, 0.29) is 11.7 Å². The van der Waals surface area contributed by atoms with Crippen LogP contribution in [0.15, 0.2) is 5.38 Å². The minimum absolute atomic E-state index is 0.0630. The first-order valence-corrected chi connectivity index (χ1v) is 7.59. The summed E-state index contributed by atoms with van der Waals surface area (Å²) in [5.74, 6) is -1.02. The first-order chi connectivity index (χ1) is 9.54. The van der Waals surface area contributed by atoms with Crippen molar-refractivity contribution in [3.63, 3.8) is 0 Å². The summed E-state index contributed by atoms with van der Waals surface area (Å²) in [5, 5.41) is 13.8. The van der Waals surface area contributed by atoms with E-state index in [9.17, 15) is 9.59 Å². The second-order valence-electron chi connectivity index (χ2n) is 4.54. The summed E-state index contributed by atoms with van der Waals surface area (Å²) >= 11 is 1.30. The van der Waals surface area contributed by atoms with Crippen molar-refractivity contribution in [3.8, 4) is 0 Å². The third-order valence-electron chi connectivity index (χ3n) is 2.83. The summed E-state index contributed by atoms with van der Waals surface area (Å²) in [6.07, 6.45) is 3.81. The minimum Gasteiger partial charge on any atom is -0.476 e. The van der Waals surface area contributed by atoms with Crippen molar-refractivity contribution in [2.45, 2.75) is 32.6 Å². The van der Waals surface area contributed by atoms with Crippen molar-refractivity contribution in [1.82, 2.24) is 15.2 Å². The van der Waals surface area contributed by atoms with Crippen LogP contribution in [0.3, 0.4) is 0 Å². The molecule has 2 amide bonds. The summed E-state index contributed by atoms with van der Waals surface area (Å²) in [7, 11) is 1.77. The van der Waals surface area contributed by atoms with Crippen LogP contribution in [0.2, 0.25) is 0 Å². The number of hydrogen-bond donors (Lipinski definition) is 2. The van der Waals surface area contributed by atoms with Gasteiger partial charge in [0.1, 0.15) is 0 Å². The molecule has 7 heteroatoms. The van der Waals surface area contributed by atoms with E-state index in [0.717, 1.165) is 30.8 Å². The topological polar surface area (TPSA) is 82.5 Å². The van der Waals surface area contributed by atoms with Gasteiger partial charge in [-0.05, 0) is 6.42 Å². The van der Waals surface area contributed by atoms with Crippen molar-refractivity contribution in [3.05, 3.63) is 16.1 Å². The number of carboxylic acid groups (broad SMARTS) is 1. The molecule has 0 atom stereocenters. The Morgan fingerprint density at radius 1 is 1.45 bits per heavy atom. The van der Waals surface area contributed by atoms with Crippen LogP contribution in [0.4, 0.5) is 4.79 Å². The Hall–Kier alpha value is -1.63. The summed E-state index contributed by atoms with van der Waals surface area (Å²) in [6, 6.07) is -0.101. The molecule has 0 fully saturated rings. The average Bonchev–Trinajstić information content (AvgIpc) is 2.87. The van der Waals surface area contributed by atoms with Gasteiger partial charge in [-0.1, -0.05) is 19.8 Å². The monoisotopic (exact) mass is 299 g/mol. The van der Waals surface area contributed by atoms with E-state index in [1.807, 2.05) is 0 Å². The van der Waals surface area contributed by atoms with Gasteiger partial charge in [0.15, 0.2) is 5.69 Å². The molecule has 0 saturated carbocycles. The summed E-state index contributed by atoms with van der Waals surface area (Å²) in [4.78, 5) is 28.1. The highest BCUT2D eigenvalue weighted by molar-refractivity contribution is 7.09. The Balaban J connectivity index is 2.25. The first kappa shape index (κ1) is 16.4. The van der Waals surface area contributed by atoms with Gasteiger partial charge in [0.25, 0.3) is 0 Å². The Morgan fingerprint density at radius 2 is 2.20 bits per heavy atom. The van der Waals surface area contributed by atoms with Crippen LogP contribution in [0.25, 0.3) is 0 Å². The van der Waals surface area contributed by atoms with E-state index in [1.54, 1.807) is 11.9 Å². The fourth-order valence-corrected chi connectivity index (χ4v) is 2.41. The third kappa shape index (κ3) is 5.56. The lowest BCUT2D eigenvalue weighted by atomic mass is 10.2. The third-order valence-corrected chi connectivity index (χ3v) is 3.74. The molecule has 112 valence electrons. The van der Waals surface area contributed by atoms with Gasteiger partial charge in [0.2, 0.25) is 0 Å². The highest BCUT2D eigenvalue weighted by Crippen LogP contribution is 2.09. The van der Waals surface area contributed by atoms with Crippen molar-refractivity contribution in [1.29, 1.82) is 0 Å². The number of carbonyl (C=O) groups is 2. The summed E-state index contributed by atoms with van der Waals surface area (Å²) in [6.45, 7) is 3.34. The van der Waals surface area contributed by atoms with Crippen molar-refractivity contribution in [2.24, 2.45) is 0 Å². The zero-order valence-electron chi connectivity index (χ0n) is 11.9. The molecule has 2 N–H and O–H groups in total. The van der Waals surface area contributed by atoms with Crippen LogP contribution >= 0.6 is 11.3 Å². The standard InChI is InChI=1S/C13H21N3O3S/c1-3-4-5-8-16(2)13(19)14-7-6-11-15-10(9-20-11)12(17)18/h9H,3-8H2,1-2H3,(H,14,19)(H,17,18). The number of carbonyl (C=O) groups excluding carboxylic acids is 1. The number of rotatable bonds is 8. The number of thiazole rings is 1. The van der Waals surface area contributed by atoms with Crippen LogP contribution in [-0.2, 0) is 6.42 Å². The van der Waals surface area contributed by atoms with Gasteiger partial charge >= 0.3 is 12.0 Å². The van der Waals surface area contributed by atoms with E-state index in [4.69, 9.17) is 5.11 Å². The molecule has 0 aliphatic rings. The van der Waals surface area contributed by atoms with Crippen LogP contribution in [-0.4, -0.2) is 47.1 Å². The van der Waals surface area contributed by atoms with E-state index in [0.29, 0.717) is 13.0 Å². The van der Waals surface area contributed by atoms with Gasteiger partial charge in [-0.15, -0.1) is 11.3 Å². The molecule has 0 aliphatic carbocycles. The number of aromatic nitrogens is 1. The average molecular weight is 299 g/mol. The number of nitrogens with one attached hydrogen (secondary N) is 1. The highest BCUT2D eigenvalue weighted by Gasteiger charge is 2.10. The van der Waals surface area contributed by atoms with Gasteiger partial charge in [-0.25, -0.2) is 14.6 Å². The van der Waals surface area contributed by atoms with Gasteiger partial charge in [-0.2, -0.15) is 0 Å². The Kier molecular flexibility index (Phi) is 7.00. The molecule has 1 aromatic heterocycles. The molecule has 1 heterocycles. The number of unbranched alkanes of at least 4 members (excludes halogenated alkanes) is 2.